The molecule has 6 nitrogen and oxygen atoms in total. The van der Waals surface area contributed by atoms with Crippen LogP contribution in [0.25, 0.3) is 0 Å². The van der Waals surface area contributed by atoms with E-state index in [0.29, 0.717) is 19.0 Å². The van der Waals surface area contributed by atoms with Crippen LogP contribution in [0.3, 0.4) is 0 Å². The molecule has 1 N–H and O–H groups in total. The van der Waals surface area contributed by atoms with E-state index in [0.717, 1.165) is 36.1 Å². The second-order valence-corrected chi connectivity index (χ2v) is 6.81. The molecule has 2 atom stereocenters. The maximum absolute atomic E-state index is 13.2. The number of hydrogen-bond donors (Lipinski definition) is 1. The summed E-state index contributed by atoms with van der Waals surface area (Å²) < 4.78 is 24.9. The fraction of sp³-hybridized carbons (Fsp3) is 0.500. The third-order valence-electron chi connectivity index (χ3n) is 4.57. The molecule has 8 heteroatoms. The first-order valence-corrected chi connectivity index (χ1v) is 9.33. The first-order valence-electron chi connectivity index (χ1n) is 9.33. The molecule has 2 aromatic rings. The molecule has 1 aliphatic rings. The third-order valence-corrected chi connectivity index (χ3v) is 4.57. The zero-order valence-electron chi connectivity index (χ0n) is 16.7. The van der Waals surface area contributed by atoms with Crippen LogP contribution >= 0.6 is 24.0 Å². The summed E-state index contributed by atoms with van der Waals surface area (Å²) in [7, 11) is 0. The number of oxazole rings is 1. The summed E-state index contributed by atoms with van der Waals surface area (Å²) in [6.45, 7) is 10.4. The Labute approximate surface area is 182 Å². The van der Waals surface area contributed by atoms with Crippen LogP contribution in [-0.4, -0.2) is 41.6 Å². The van der Waals surface area contributed by atoms with Gasteiger partial charge in [-0.2, -0.15) is 0 Å². The number of aryl methyl sites for hydroxylation is 2. The number of ether oxygens (including phenoxy) is 1. The number of morpholine rings is 1. The van der Waals surface area contributed by atoms with Crippen molar-refractivity contribution in [3.63, 3.8) is 0 Å². The molecule has 0 spiro atoms. The van der Waals surface area contributed by atoms with Crippen molar-refractivity contribution in [2.45, 2.75) is 46.4 Å². The Morgan fingerprint density at radius 2 is 2.00 bits per heavy atom. The van der Waals surface area contributed by atoms with E-state index in [1.807, 2.05) is 27.7 Å². The van der Waals surface area contributed by atoms with Crippen LogP contribution in [0, 0.1) is 19.7 Å². The predicted octanol–water partition coefficient (Wildman–Crippen LogP) is 3.98. The molecule has 3 rings (SSSR count). The maximum atomic E-state index is 13.2. The average Bonchev–Trinajstić information content (AvgIpc) is 2.96. The topological polar surface area (TPSA) is 62.9 Å². The van der Waals surface area contributed by atoms with Gasteiger partial charge in [0.1, 0.15) is 24.2 Å². The van der Waals surface area contributed by atoms with Crippen molar-refractivity contribution in [2.75, 3.05) is 19.6 Å². The molecule has 0 aliphatic carbocycles. The minimum atomic E-state index is -0.245. The number of rotatable bonds is 4. The Morgan fingerprint density at radius 1 is 1.29 bits per heavy atom. The summed E-state index contributed by atoms with van der Waals surface area (Å²) in [5, 5.41) is 3.34. The summed E-state index contributed by atoms with van der Waals surface area (Å²) in [6.07, 6.45) is -0.103. The van der Waals surface area contributed by atoms with Crippen molar-refractivity contribution in [3.8, 4) is 0 Å². The molecular formula is C20H28FIN4O2. The van der Waals surface area contributed by atoms with Gasteiger partial charge in [-0.1, -0.05) is 12.1 Å². The normalized spacial score (nSPS) is 20.0. The molecule has 2 unspecified atom stereocenters. The van der Waals surface area contributed by atoms with Gasteiger partial charge in [-0.25, -0.2) is 14.4 Å². The van der Waals surface area contributed by atoms with E-state index in [-0.39, 0.29) is 42.0 Å². The van der Waals surface area contributed by atoms with Gasteiger partial charge in [0.15, 0.2) is 5.96 Å². The van der Waals surface area contributed by atoms with Crippen LogP contribution in [0.4, 0.5) is 4.39 Å². The van der Waals surface area contributed by atoms with Crippen molar-refractivity contribution in [2.24, 2.45) is 4.99 Å². The minimum absolute atomic E-state index is 0. The fourth-order valence-electron chi connectivity index (χ4n) is 3.16. The zero-order chi connectivity index (χ0) is 19.4. The van der Waals surface area contributed by atoms with Crippen LogP contribution in [0.2, 0.25) is 0 Å². The summed E-state index contributed by atoms with van der Waals surface area (Å²) in [4.78, 5) is 11.3. The van der Waals surface area contributed by atoms with E-state index in [4.69, 9.17) is 14.1 Å². The molecule has 1 aromatic heterocycles. The molecule has 0 saturated carbocycles. The highest BCUT2D eigenvalue weighted by molar-refractivity contribution is 14.0. The summed E-state index contributed by atoms with van der Waals surface area (Å²) in [5.41, 5.74) is 1.85. The van der Waals surface area contributed by atoms with E-state index < -0.39 is 0 Å². The van der Waals surface area contributed by atoms with Crippen LogP contribution in [0.15, 0.2) is 33.7 Å². The number of aromatic nitrogens is 1. The molecule has 1 aliphatic heterocycles. The smallest absolute Gasteiger partial charge is 0.216 e. The van der Waals surface area contributed by atoms with Crippen LogP contribution in [0.1, 0.15) is 42.9 Å². The summed E-state index contributed by atoms with van der Waals surface area (Å²) >= 11 is 0. The van der Waals surface area contributed by atoms with Crippen molar-refractivity contribution < 1.29 is 13.5 Å². The van der Waals surface area contributed by atoms with Gasteiger partial charge in [0.2, 0.25) is 5.89 Å². The van der Waals surface area contributed by atoms with Gasteiger partial charge in [0.05, 0.1) is 18.3 Å². The highest BCUT2D eigenvalue weighted by atomic mass is 127. The number of benzene rings is 1. The predicted molar refractivity (Wildman–Crippen MR) is 117 cm³/mol. The Balaban J connectivity index is 0.00000280. The van der Waals surface area contributed by atoms with Gasteiger partial charge >= 0.3 is 0 Å². The second-order valence-electron chi connectivity index (χ2n) is 6.81. The van der Waals surface area contributed by atoms with Gasteiger partial charge in [0, 0.05) is 13.1 Å². The fourth-order valence-corrected chi connectivity index (χ4v) is 3.16. The average molecular weight is 502 g/mol. The standard InChI is InChI=1S/C20H27FN4O2.HI/c1-5-22-20(23-10-19-24-14(3)15(4)27-19)25-11-13(2)26-18(12-25)16-6-8-17(21)9-7-16;/h6-9,13,18H,5,10-12H2,1-4H3,(H,22,23);1H. The SMILES string of the molecule is CCNC(=NCc1nc(C)c(C)o1)N1CC(C)OC(c2ccc(F)cc2)C1.I. The molecule has 0 radical (unpaired) electrons. The highest BCUT2D eigenvalue weighted by Gasteiger charge is 2.28. The number of aliphatic imine (C=N–C) groups is 1. The Hall–Kier alpha value is -1.68. The number of hydrogen-bond acceptors (Lipinski definition) is 4. The zero-order valence-corrected chi connectivity index (χ0v) is 19.1. The third kappa shape index (κ3) is 5.66. The lowest BCUT2D eigenvalue weighted by molar-refractivity contribution is -0.0605. The van der Waals surface area contributed by atoms with Crippen LogP contribution in [-0.2, 0) is 11.3 Å². The lowest BCUT2D eigenvalue weighted by Gasteiger charge is -2.38. The quantitative estimate of drug-likeness (QED) is 0.390. The lowest BCUT2D eigenvalue weighted by atomic mass is 10.1. The van der Waals surface area contributed by atoms with E-state index in [2.05, 4.69) is 15.2 Å². The number of nitrogens with one attached hydrogen (secondary N) is 1. The molecule has 0 amide bonds. The van der Waals surface area contributed by atoms with Gasteiger partial charge in [-0.15, -0.1) is 24.0 Å². The number of guanidine groups is 1. The Kier molecular flexibility index (Phi) is 8.23. The number of halogens is 2. The Bertz CT molecular complexity index is 775. The highest BCUT2D eigenvalue weighted by Crippen LogP contribution is 2.25. The van der Waals surface area contributed by atoms with Gasteiger partial charge in [-0.3, -0.25) is 0 Å². The molecule has 28 heavy (non-hydrogen) atoms. The second kappa shape index (κ2) is 10.2. The minimum Gasteiger partial charge on any atom is -0.444 e. The van der Waals surface area contributed by atoms with E-state index >= 15 is 0 Å². The van der Waals surface area contributed by atoms with Crippen LogP contribution in [0.5, 0.6) is 0 Å². The van der Waals surface area contributed by atoms with E-state index in [1.54, 1.807) is 12.1 Å². The van der Waals surface area contributed by atoms with E-state index in [9.17, 15) is 4.39 Å². The Morgan fingerprint density at radius 3 is 2.61 bits per heavy atom. The number of nitrogens with zero attached hydrogens (tertiary/aromatic N) is 3. The molecule has 154 valence electrons. The summed E-state index contributed by atoms with van der Waals surface area (Å²) in [6, 6.07) is 6.49. The van der Waals surface area contributed by atoms with Crippen LogP contribution < -0.4 is 5.32 Å². The van der Waals surface area contributed by atoms with Crippen molar-refractivity contribution >= 4 is 29.9 Å². The molecule has 1 fully saturated rings. The van der Waals surface area contributed by atoms with Crippen molar-refractivity contribution in [1.82, 2.24) is 15.2 Å². The van der Waals surface area contributed by atoms with Crippen molar-refractivity contribution in [3.05, 3.63) is 53.0 Å². The molecule has 1 saturated heterocycles. The summed E-state index contributed by atoms with van der Waals surface area (Å²) in [5.74, 6) is 1.98. The molecule has 1 aromatic carbocycles. The molecule has 2 heterocycles. The van der Waals surface area contributed by atoms with E-state index in [1.165, 1.54) is 12.1 Å². The van der Waals surface area contributed by atoms with Gasteiger partial charge < -0.3 is 19.4 Å². The van der Waals surface area contributed by atoms with Gasteiger partial charge in [0.25, 0.3) is 0 Å². The monoisotopic (exact) mass is 502 g/mol. The maximum Gasteiger partial charge on any atom is 0.216 e. The first kappa shape index (κ1) is 22.6. The largest absolute Gasteiger partial charge is 0.444 e. The van der Waals surface area contributed by atoms with Crippen molar-refractivity contribution in [1.29, 1.82) is 0 Å². The van der Waals surface area contributed by atoms with Gasteiger partial charge in [-0.05, 0) is 45.4 Å². The molecule has 0 bridgehead atoms. The first-order chi connectivity index (χ1) is 13.0. The molecular weight excluding hydrogens is 474 g/mol. The lowest BCUT2D eigenvalue weighted by Crippen LogP contribution is -2.50.